The summed E-state index contributed by atoms with van der Waals surface area (Å²) in [5.41, 5.74) is 0. The first-order chi connectivity index (χ1) is 10.4. The zero-order chi connectivity index (χ0) is 14.5. The van der Waals surface area contributed by atoms with Gasteiger partial charge >= 0.3 is 0 Å². The van der Waals surface area contributed by atoms with Crippen LogP contribution < -0.4 is 0 Å². The standard InChI is InChI=1S/C15H21N3O2S/c19-10-9-18(12-4-1-5-12)8-2-7-14-16-15(17-20-14)13-6-3-11-21-13/h3,6,11-12,19H,1-2,4-5,7-10H2. The van der Waals surface area contributed by atoms with Crippen LogP contribution in [-0.4, -0.2) is 45.9 Å². The van der Waals surface area contributed by atoms with Gasteiger partial charge in [0.2, 0.25) is 11.7 Å². The summed E-state index contributed by atoms with van der Waals surface area (Å²) in [6.45, 7) is 2.00. The molecule has 0 radical (unpaired) electrons. The van der Waals surface area contributed by atoms with Crippen molar-refractivity contribution in [2.24, 2.45) is 0 Å². The van der Waals surface area contributed by atoms with Crippen LogP contribution in [0.3, 0.4) is 0 Å². The predicted molar refractivity (Wildman–Crippen MR) is 82.2 cm³/mol. The average molecular weight is 307 g/mol. The lowest BCUT2D eigenvalue weighted by atomic mass is 9.91. The maximum atomic E-state index is 9.15. The van der Waals surface area contributed by atoms with E-state index in [1.807, 2.05) is 17.5 Å². The number of aliphatic hydroxyl groups is 1. The summed E-state index contributed by atoms with van der Waals surface area (Å²) in [4.78, 5) is 7.87. The molecule has 114 valence electrons. The molecule has 1 saturated carbocycles. The third-order valence-corrected chi connectivity index (χ3v) is 4.89. The van der Waals surface area contributed by atoms with E-state index in [0.717, 1.165) is 30.8 Å². The molecule has 0 amide bonds. The zero-order valence-corrected chi connectivity index (χ0v) is 12.9. The molecule has 2 aromatic heterocycles. The van der Waals surface area contributed by atoms with Crippen molar-refractivity contribution < 1.29 is 9.63 Å². The van der Waals surface area contributed by atoms with E-state index in [9.17, 15) is 0 Å². The Morgan fingerprint density at radius 1 is 1.38 bits per heavy atom. The van der Waals surface area contributed by atoms with Gasteiger partial charge in [0.1, 0.15) is 0 Å². The van der Waals surface area contributed by atoms with Gasteiger partial charge in [-0.2, -0.15) is 4.98 Å². The van der Waals surface area contributed by atoms with E-state index in [2.05, 4.69) is 15.0 Å². The summed E-state index contributed by atoms with van der Waals surface area (Å²) in [5.74, 6) is 1.39. The zero-order valence-electron chi connectivity index (χ0n) is 12.1. The van der Waals surface area contributed by atoms with Crippen LogP contribution in [0.25, 0.3) is 10.7 Å². The lowest BCUT2D eigenvalue weighted by Crippen LogP contribution is -2.42. The molecule has 21 heavy (non-hydrogen) atoms. The fourth-order valence-corrected chi connectivity index (χ4v) is 3.30. The van der Waals surface area contributed by atoms with E-state index in [-0.39, 0.29) is 6.61 Å². The van der Waals surface area contributed by atoms with Gasteiger partial charge in [0.25, 0.3) is 0 Å². The molecule has 0 atom stereocenters. The third kappa shape index (κ3) is 3.70. The van der Waals surface area contributed by atoms with Gasteiger partial charge < -0.3 is 9.63 Å². The lowest BCUT2D eigenvalue weighted by Gasteiger charge is -2.37. The number of aryl methyl sites for hydroxylation is 1. The van der Waals surface area contributed by atoms with E-state index in [4.69, 9.17) is 9.63 Å². The van der Waals surface area contributed by atoms with Gasteiger partial charge in [0.05, 0.1) is 11.5 Å². The van der Waals surface area contributed by atoms with Crippen molar-refractivity contribution in [1.29, 1.82) is 0 Å². The Labute approximate surface area is 128 Å². The Kier molecular flexibility index (Phi) is 5.00. The molecule has 1 aliphatic rings. The average Bonchev–Trinajstić information content (AvgIpc) is 3.07. The molecule has 6 heteroatoms. The van der Waals surface area contributed by atoms with E-state index in [1.165, 1.54) is 19.3 Å². The predicted octanol–water partition coefficient (Wildman–Crippen LogP) is 2.58. The lowest BCUT2D eigenvalue weighted by molar-refractivity contribution is 0.0996. The highest BCUT2D eigenvalue weighted by Gasteiger charge is 2.24. The minimum absolute atomic E-state index is 0.236. The molecule has 5 nitrogen and oxygen atoms in total. The van der Waals surface area contributed by atoms with Crippen LogP contribution in [0.2, 0.25) is 0 Å². The molecule has 0 aromatic carbocycles. The smallest absolute Gasteiger partial charge is 0.227 e. The summed E-state index contributed by atoms with van der Waals surface area (Å²) in [6, 6.07) is 4.65. The van der Waals surface area contributed by atoms with Crippen LogP contribution in [0.15, 0.2) is 22.0 Å². The Balaban J connectivity index is 1.48. The Bertz CT molecular complexity index is 537. The molecule has 1 fully saturated rings. The summed E-state index contributed by atoms with van der Waals surface area (Å²) >= 11 is 1.62. The maximum absolute atomic E-state index is 9.15. The van der Waals surface area contributed by atoms with Gasteiger partial charge in [-0.15, -0.1) is 11.3 Å². The van der Waals surface area contributed by atoms with Gasteiger partial charge in [0, 0.05) is 19.0 Å². The number of hydrogen-bond acceptors (Lipinski definition) is 6. The van der Waals surface area contributed by atoms with Crippen LogP contribution >= 0.6 is 11.3 Å². The summed E-state index contributed by atoms with van der Waals surface area (Å²) in [6.07, 6.45) is 5.64. The molecule has 3 rings (SSSR count). The fourth-order valence-electron chi connectivity index (χ4n) is 2.65. The van der Waals surface area contributed by atoms with Crippen molar-refractivity contribution in [2.75, 3.05) is 19.7 Å². The van der Waals surface area contributed by atoms with Crippen molar-refractivity contribution in [3.05, 3.63) is 23.4 Å². The van der Waals surface area contributed by atoms with Gasteiger partial charge in [-0.25, -0.2) is 0 Å². The van der Waals surface area contributed by atoms with Crippen molar-refractivity contribution in [2.45, 2.75) is 38.1 Å². The SMILES string of the molecule is OCCN(CCCc1nc(-c2cccs2)no1)C1CCC1. The highest BCUT2D eigenvalue weighted by Crippen LogP contribution is 2.25. The summed E-state index contributed by atoms with van der Waals surface area (Å²) in [7, 11) is 0. The van der Waals surface area contributed by atoms with Gasteiger partial charge in [-0.05, 0) is 37.3 Å². The quantitative estimate of drug-likeness (QED) is 0.812. The van der Waals surface area contributed by atoms with E-state index < -0.39 is 0 Å². The highest BCUT2D eigenvalue weighted by molar-refractivity contribution is 7.13. The second-order valence-corrected chi connectivity index (χ2v) is 6.38. The minimum Gasteiger partial charge on any atom is -0.395 e. The van der Waals surface area contributed by atoms with Crippen LogP contribution in [0.4, 0.5) is 0 Å². The van der Waals surface area contributed by atoms with Crippen LogP contribution in [0, 0.1) is 0 Å². The van der Waals surface area contributed by atoms with Crippen molar-refractivity contribution in [3.63, 3.8) is 0 Å². The summed E-state index contributed by atoms with van der Waals surface area (Å²) in [5, 5.41) is 15.2. The van der Waals surface area contributed by atoms with Crippen LogP contribution in [-0.2, 0) is 6.42 Å². The molecular formula is C15H21N3O2S. The number of aromatic nitrogens is 2. The first-order valence-electron chi connectivity index (χ1n) is 7.58. The minimum atomic E-state index is 0.236. The number of hydrogen-bond donors (Lipinski definition) is 1. The van der Waals surface area contributed by atoms with Crippen LogP contribution in [0.5, 0.6) is 0 Å². The highest BCUT2D eigenvalue weighted by atomic mass is 32.1. The molecule has 0 spiro atoms. The molecular weight excluding hydrogens is 286 g/mol. The van der Waals surface area contributed by atoms with Crippen molar-refractivity contribution in [1.82, 2.24) is 15.0 Å². The largest absolute Gasteiger partial charge is 0.395 e. The number of aliphatic hydroxyl groups excluding tert-OH is 1. The topological polar surface area (TPSA) is 62.4 Å². The molecule has 0 unspecified atom stereocenters. The maximum Gasteiger partial charge on any atom is 0.227 e. The summed E-state index contributed by atoms with van der Waals surface area (Å²) < 4.78 is 5.31. The van der Waals surface area contributed by atoms with Crippen LogP contribution in [0.1, 0.15) is 31.6 Å². The third-order valence-electron chi connectivity index (χ3n) is 4.02. The molecule has 2 heterocycles. The molecule has 0 bridgehead atoms. The Morgan fingerprint density at radius 3 is 2.95 bits per heavy atom. The number of thiophene rings is 1. The number of nitrogens with zero attached hydrogens (tertiary/aromatic N) is 3. The Hall–Kier alpha value is -1.24. The second-order valence-electron chi connectivity index (χ2n) is 5.44. The monoisotopic (exact) mass is 307 g/mol. The molecule has 2 aromatic rings. The fraction of sp³-hybridized carbons (Fsp3) is 0.600. The van der Waals surface area contributed by atoms with E-state index in [1.54, 1.807) is 11.3 Å². The van der Waals surface area contributed by atoms with E-state index >= 15 is 0 Å². The Morgan fingerprint density at radius 2 is 2.29 bits per heavy atom. The molecule has 1 aliphatic carbocycles. The molecule has 1 N–H and O–H groups in total. The molecule has 0 aliphatic heterocycles. The second kappa shape index (κ2) is 7.15. The van der Waals surface area contributed by atoms with E-state index in [0.29, 0.717) is 17.8 Å². The van der Waals surface area contributed by atoms with Gasteiger partial charge in [0.15, 0.2) is 0 Å². The van der Waals surface area contributed by atoms with Crippen molar-refractivity contribution >= 4 is 11.3 Å². The first-order valence-corrected chi connectivity index (χ1v) is 8.46. The van der Waals surface area contributed by atoms with Gasteiger partial charge in [-0.1, -0.05) is 17.6 Å². The van der Waals surface area contributed by atoms with Crippen molar-refractivity contribution in [3.8, 4) is 10.7 Å². The molecule has 0 saturated heterocycles. The number of rotatable bonds is 8. The normalized spacial score (nSPS) is 15.5. The first kappa shape index (κ1) is 14.7. The van der Waals surface area contributed by atoms with Gasteiger partial charge in [-0.3, -0.25) is 4.90 Å².